The van der Waals surface area contributed by atoms with Gasteiger partial charge in [-0.1, -0.05) is 65.8 Å². The molecule has 1 atom stereocenters. The molecule has 0 fully saturated rings. The minimum absolute atomic E-state index is 0.0806. The molecule has 4 rings (SSSR count). The Morgan fingerprint density at radius 1 is 0.914 bits per heavy atom. The Labute approximate surface area is 209 Å². The molecular formula is C27H20ClF3O3S. The Hall–Kier alpha value is -3.16. The minimum atomic E-state index is -4.49. The maximum absolute atomic E-state index is 12.9. The third kappa shape index (κ3) is 6.50. The van der Waals surface area contributed by atoms with Gasteiger partial charge in [-0.15, -0.1) is 0 Å². The highest BCUT2D eigenvalue weighted by molar-refractivity contribution is 8.13. The lowest BCUT2D eigenvalue weighted by Gasteiger charge is -2.14. The number of thioether (sulfide) groups is 1. The highest BCUT2D eigenvalue weighted by Gasteiger charge is 2.31. The van der Waals surface area contributed by atoms with Gasteiger partial charge >= 0.3 is 6.18 Å². The largest absolute Gasteiger partial charge is 0.482 e. The standard InChI is InChI=1S/C27H20ClF3O3S/c1-17(26(32)35-16-18-5-3-2-4-6-18)33-22-10-7-19-8-11-23(14-20(19)13-22)34-25-12-9-21(15-24(25)28)27(29,30)31/h2-15,17H,16H2,1H3. The molecule has 0 bridgehead atoms. The average Bonchev–Trinajstić information content (AvgIpc) is 2.83. The van der Waals surface area contributed by atoms with Crippen molar-refractivity contribution in [3.8, 4) is 17.2 Å². The van der Waals surface area contributed by atoms with E-state index in [9.17, 15) is 18.0 Å². The number of alkyl halides is 3. The van der Waals surface area contributed by atoms with Crippen LogP contribution in [-0.4, -0.2) is 11.2 Å². The first-order valence-electron chi connectivity index (χ1n) is 10.6. The van der Waals surface area contributed by atoms with E-state index >= 15 is 0 Å². The van der Waals surface area contributed by atoms with Crippen LogP contribution in [0.4, 0.5) is 13.2 Å². The molecule has 0 aliphatic carbocycles. The van der Waals surface area contributed by atoms with E-state index in [1.807, 2.05) is 42.5 Å². The fourth-order valence-electron chi connectivity index (χ4n) is 3.32. The molecule has 8 heteroatoms. The zero-order chi connectivity index (χ0) is 25.0. The zero-order valence-corrected chi connectivity index (χ0v) is 20.1. The van der Waals surface area contributed by atoms with Crippen molar-refractivity contribution in [1.29, 1.82) is 0 Å². The summed E-state index contributed by atoms with van der Waals surface area (Å²) in [7, 11) is 0. The van der Waals surface area contributed by atoms with Crippen molar-refractivity contribution >= 4 is 39.3 Å². The first kappa shape index (κ1) is 24.9. The monoisotopic (exact) mass is 516 g/mol. The number of hydrogen-bond acceptors (Lipinski definition) is 4. The molecule has 4 aromatic rings. The summed E-state index contributed by atoms with van der Waals surface area (Å²) in [4.78, 5) is 12.5. The lowest BCUT2D eigenvalue weighted by Crippen LogP contribution is -2.21. The number of benzene rings is 4. The highest BCUT2D eigenvalue weighted by Crippen LogP contribution is 2.37. The molecule has 0 saturated carbocycles. The summed E-state index contributed by atoms with van der Waals surface area (Å²) in [5.41, 5.74) is 0.213. The van der Waals surface area contributed by atoms with Crippen LogP contribution in [0.1, 0.15) is 18.1 Å². The molecule has 180 valence electrons. The lowest BCUT2D eigenvalue weighted by molar-refractivity contribution is -0.137. The van der Waals surface area contributed by atoms with E-state index < -0.39 is 17.8 Å². The molecule has 4 aromatic carbocycles. The van der Waals surface area contributed by atoms with Crippen molar-refractivity contribution in [2.75, 3.05) is 0 Å². The van der Waals surface area contributed by atoms with E-state index in [1.165, 1.54) is 17.8 Å². The number of carbonyl (C=O) groups excluding carboxylic acids is 1. The molecule has 0 radical (unpaired) electrons. The first-order chi connectivity index (χ1) is 16.7. The van der Waals surface area contributed by atoms with Crippen molar-refractivity contribution in [2.24, 2.45) is 0 Å². The molecule has 0 N–H and O–H groups in total. The Morgan fingerprint density at radius 3 is 2.29 bits per heavy atom. The fraction of sp³-hybridized carbons (Fsp3) is 0.148. The molecule has 0 heterocycles. The Kier molecular flexibility index (Phi) is 7.57. The zero-order valence-electron chi connectivity index (χ0n) is 18.5. The lowest BCUT2D eigenvalue weighted by atomic mass is 10.1. The molecule has 0 aliphatic rings. The van der Waals surface area contributed by atoms with Gasteiger partial charge in [0.25, 0.3) is 0 Å². The summed E-state index contributed by atoms with van der Waals surface area (Å²) in [6.45, 7) is 1.71. The van der Waals surface area contributed by atoms with Gasteiger partial charge in [0.05, 0.1) is 10.6 Å². The molecular weight excluding hydrogens is 497 g/mol. The predicted molar refractivity (Wildman–Crippen MR) is 133 cm³/mol. The number of fused-ring (bicyclic) bond motifs is 1. The van der Waals surface area contributed by atoms with E-state index in [2.05, 4.69) is 0 Å². The summed E-state index contributed by atoms with van der Waals surface area (Å²) in [5.74, 6) is 1.60. The van der Waals surface area contributed by atoms with Gasteiger partial charge in [0.15, 0.2) is 6.10 Å². The summed E-state index contributed by atoms with van der Waals surface area (Å²) >= 11 is 7.20. The van der Waals surface area contributed by atoms with Crippen LogP contribution in [0.25, 0.3) is 10.8 Å². The van der Waals surface area contributed by atoms with Gasteiger partial charge in [0, 0.05) is 5.75 Å². The maximum Gasteiger partial charge on any atom is 0.416 e. The van der Waals surface area contributed by atoms with Crippen LogP contribution >= 0.6 is 23.4 Å². The van der Waals surface area contributed by atoms with Gasteiger partial charge in [-0.25, -0.2) is 0 Å². The van der Waals surface area contributed by atoms with Crippen molar-refractivity contribution in [3.63, 3.8) is 0 Å². The van der Waals surface area contributed by atoms with E-state index in [4.69, 9.17) is 21.1 Å². The fourth-order valence-corrected chi connectivity index (χ4v) is 4.33. The van der Waals surface area contributed by atoms with Gasteiger partial charge in [-0.05, 0) is 65.7 Å². The maximum atomic E-state index is 12.9. The van der Waals surface area contributed by atoms with Crippen molar-refractivity contribution < 1.29 is 27.4 Å². The second-order valence-corrected chi connectivity index (χ2v) is 9.16. The summed E-state index contributed by atoms with van der Waals surface area (Å²) in [5, 5.41) is 1.46. The topological polar surface area (TPSA) is 35.5 Å². The minimum Gasteiger partial charge on any atom is -0.482 e. The normalized spacial score (nSPS) is 12.4. The SMILES string of the molecule is CC(Oc1ccc2ccc(Oc3ccc(C(F)(F)F)cc3Cl)cc2c1)C(=O)SCc1ccccc1. The molecule has 0 amide bonds. The van der Waals surface area contributed by atoms with Gasteiger partial charge in [0.1, 0.15) is 17.2 Å². The van der Waals surface area contributed by atoms with Crippen LogP contribution in [0.3, 0.4) is 0 Å². The van der Waals surface area contributed by atoms with E-state index in [0.717, 1.165) is 28.5 Å². The number of ether oxygens (including phenoxy) is 2. The van der Waals surface area contributed by atoms with E-state index in [1.54, 1.807) is 31.2 Å². The Bertz CT molecular complexity index is 1340. The van der Waals surface area contributed by atoms with E-state index in [0.29, 0.717) is 17.3 Å². The van der Waals surface area contributed by atoms with Gasteiger partial charge < -0.3 is 9.47 Å². The molecule has 0 saturated heterocycles. The summed E-state index contributed by atoms with van der Waals surface area (Å²) in [6.07, 6.45) is -5.13. The molecule has 0 aromatic heterocycles. The second-order valence-electron chi connectivity index (χ2n) is 7.77. The number of rotatable bonds is 7. The van der Waals surface area contributed by atoms with Crippen molar-refractivity contribution in [2.45, 2.75) is 25.0 Å². The molecule has 1 unspecified atom stereocenters. The quantitative estimate of drug-likeness (QED) is 0.246. The van der Waals surface area contributed by atoms with Crippen LogP contribution in [-0.2, 0) is 16.7 Å². The second kappa shape index (κ2) is 10.6. The van der Waals surface area contributed by atoms with Gasteiger partial charge in [0.2, 0.25) is 5.12 Å². The van der Waals surface area contributed by atoms with Crippen LogP contribution in [0.2, 0.25) is 5.02 Å². The van der Waals surface area contributed by atoms with E-state index in [-0.39, 0.29) is 15.9 Å². The summed E-state index contributed by atoms with van der Waals surface area (Å²) in [6, 6.07) is 23.3. The number of halogens is 4. The van der Waals surface area contributed by atoms with Gasteiger partial charge in [-0.3, -0.25) is 4.79 Å². The summed E-state index contributed by atoms with van der Waals surface area (Å²) < 4.78 is 50.2. The van der Waals surface area contributed by atoms with Crippen LogP contribution in [0.5, 0.6) is 17.2 Å². The Morgan fingerprint density at radius 2 is 1.60 bits per heavy atom. The van der Waals surface area contributed by atoms with Crippen molar-refractivity contribution in [3.05, 3.63) is 101 Å². The molecule has 0 aliphatic heterocycles. The average molecular weight is 517 g/mol. The smallest absolute Gasteiger partial charge is 0.416 e. The molecule has 0 spiro atoms. The number of carbonyl (C=O) groups is 1. The van der Waals surface area contributed by atoms with Gasteiger partial charge in [-0.2, -0.15) is 13.2 Å². The molecule has 35 heavy (non-hydrogen) atoms. The third-order valence-electron chi connectivity index (χ3n) is 5.14. The van der Waals surface area contributed by atoms with Crippen LogP contribution < -0.4 is 9.47 Å². The highest BCUT2D eigenvalue weighted by atomic mass is 35.5. The first-order valence-corrected chi connectivity index (χ1v) is 12.0. The third-order valence-corrected chi connectivity index (χ3v) is 6.53. The number of hydrogen-bond donors (Lipinski definition) is 0. The predicted octanol–water partition coefficient (Wildman–Crippen LogP) is 8.53. The van der Waals surface area contributed by atoms with Crippen molar-refractivity contribution in [1.82, 2.24) is 0 Å². The Balaban J connectivity index is 1.44. The van der Waals surface area contributed by atoms with Crippen LogP contribution in [0.15, 0.2) is 84.9 Å². The van der Waals surface area contributed by atoms with Crippen LogP contribution in [0, 0.1) is 0 Å². The molecule has 3 nitrogen and oxygen atoms in total.